The Bertz CT molecular complexity index is 1920. The Morgan fingerprint density at radius 1 is 0.453 bits per heavy atom. The van der Waals surface area contributed by atoms with Crippen LogP contribution in [0.1, 0.15) is 132 Å². The molecular weight excluding hydrogens is 839 g/mol. The molecule has 0 aliphatic carbocycles. The molecule has 10 heteroatoms. The van der Waals surface area contributed by atoms with Gasteiger partial charge in [-0.25, -0.2) is 0 Å². The van der Waals surface area contributed by atoms with Crippen molar-refractivity contribution in [2.45, 2.75) is 121 Å². The normalized spacial score (nSPS) is 13.2. The van der Waals surface area contributed by atoms with Crippen LogP contribution in [0.4, 0.5) is 0 Å². The Labute approximate surface area is 386 Å². The summed E-state index contributed by atoms with van der Waals surface area (Å²) in [4.78, 5) is 0. The highest BCUT2D eigenvalue weighted by atomic mass is 31.2. The molecule has 4 rings (SSSR count). The summed E-state index contributed by atoms with van der Waals surface area (Å²) in [6, 6.07) is 27.8. The minimum absolute atomic E-state index is 0.293. The lowest BCUT2D eigenvalue weighted by Gasteiger charge is -2.18. The third kappa shape index (κ3) is 16.7. The van der Waals surface area contributed by atoms with Crippen LogP contribution in [0.15, 0.2) is 84.9 Å². The molecule has 2 unspecified atom stereocenters. The molecule has 0 aromatic heterocycles. The van der Waals surface area contributed by atoms with Gasteiger partial charge in [-0.1, -0.05) is 141 Å². The molecule has 8 nitrogen and oxygen atoms in total. The van der Waals surface area contributed by atoms with E-state index >= 15 is 0 Å². The predicted octanol–water partition coefficient (Wildman–Crippen LogP) is 15.4. The summed E-state index contributed by atoms with van der Waals surface area (Å²) >= 11 is 0. The molecule has 352 valence electrons. The van der Waals surface area contributed by atoms with Gasteiger partial charge in [-0.05, 0) is 123 Å². The van der Waals surface area contributed by atoms with E-state index in [4.69, 9.17) is 27.6 Å². The molecular formula is C54H78O8P2. The maximum Gasteiger partial charge on any atom is 0.361 e. The van der Waals surface area contributed by atoms with Crippen LogP contribution < -0.4 is 20.1 Å². The summed E-state index contributed by atoms with van der Waals surface area (Å²) in [5.74, 6) is 4.15. The number of hydrogen-bond acceptors (Lipinski definition) is 8. The molecule has 4 aromatic rings. The van der Waals surface area contributed by atoms with Crippen molar-refractivity contribution >= 4 is 38.0 Å². The van der Waals surface area contributed by atoms with Crippen molar-refractivity contribution < 1.29 is 36.7 Å². The maximum absolute atomic E-state index is 13.5. The van der Waals surface area contributed by atoms with Gasteiger partial charge in [0.25, 0.3) is 0 Å². The molecule has 0 aliphatic heterocycles. The van der Waals surface area contributed by atoms with Crippen LogP contribution >= 0.6 is 15.2 Å². The summed E-state index contributed by atoms with van der Waals surface area (Å²) in [6.45, 7) is 23.4. The highest BCUT2D eigenvalue weighted by molar-refractivity contribution is 7.62. The summed E-state index contributed by atoms with van der Waals surface area (Å²) in [7, 11) is -6.82. The fraction of sp³-hybridized carbons (Fsp3) is 0.519. The topological polar surface area (TPSA) is 89.5 Å². The monoisotopic (exact) mass is 917 g/mol. The van der Waals surface area contributed by atoms with E-state index in [0.29, 0.717) is 73.9 Å². The van der Waals surface area contributed by atoms with Crippen molar-refractivity contribution in [2.24, 2.45) is 23.7 Å². The zero-order valence-corrected chi connectivity index (χ0v) is 42.4. The van der Waals surface area contributed by atoms with Crippen molar-refractivity contribution in [3.63, 3.8) is 0 Å². The minimum Gasteiger partial charge on any atom is -0.493 e. The molecule has 0 radical (unpaired) electrons. The average molecular weight is 917 g/mol. The first kappa shape index (κ1) is 53.1. The van der Waals surface area contributed by atoms with Gasteiger partial charge in [-0.15, -0.1) is 0 Å². The molecule has 0 heterocycles. The van der Waals surface area contributed by atoms with Gasteiger partial charge in [-0.3, -0.25) is 9.13 Å². The predicted molar refractivity (Wildman–Crippen MR) is 270 cm³/mol. The average Bonchev–Trinajstić information content (AvgIpc) is 3.26. The van der Waals surface area contributed by atoms with E-state index in [9.17, 15) is 9.13 Å². The number of ether oxygens (including phenoxy) is 2. The molecule has 64 heavy (non-hydrogen) atoms. The summed E-state index contributed by atoms with van der Waals surface area (Å²) in [6.07, 6.45) is 13.5. The number of rotatable bonds is 30. The van der Waals surface area contributed by atoms with Crippen molar-refractivity contribution in [1.29, 1.82) is 0 Å². The van der Waals surface area contributed by atoms with E-state index in [0.717, 1.165) is 57.7 Å². The van der Waals surface area contributed by atoms with Crippen molar-refractivity contribution in [1.82, 2.24) is 0 Å². The molecule has 2 atom stereocenters. The molecule has 4 aromatic carbocycles. The standard InChI is InChI=1S/C54H78O8P2/c1-11-59-63(55,60-12-2)49-29-25-47(26-30-49)51-33-23-45(39-53(51)57-37-35-43(9)19-15-17-41(5)6)21-22-46-24-34-52(54(40-46)58-38-36-44(10)20-16-18-42(7)8)48-27-31-50(32-28-48)64(56,61-13-3)62-14-4/h21-34,39-44H,11-20,35-38H2,1-10H3/b22-21+. The Morgan fingerprint density at radius 3 is 1.11 bits per heavy atom. The molecule has 0 amide bonds. The van der Waals surface area contributed by atoms with E-state index in [2.05, 4.69) is 90.1 Å². The van der Waals surface area contributed by atoms with Gasteiger partial charge < -0.3 is 27.6 Å². The van der Waals surface area contributed by atoms with Crippen LogP contribution in [0.5, 0.6) is 11.5 Å². The molecule has 0 aliphatic rings. The van der Waals surface area contributed by atoms with Gasteiger partial charge in [0, 0.05) is 11.1 Å². The summed E-state index contributed by atoms with van der Waals surface area (Å²) < 4.78 is 62.7. The van der Waals surface area contributed by atoms with Crippen LogP contribution in [0.2, 0.25) is 0 Å². The van der Waals surface area contributed by atoms with Crippen molar-refractivity contribution in [3.8, 4) is 33.8 Å². The molecule has 0 spiro atoms. The zero-order chi connectivity index (χ0) is 46.5. The van der Waals surface area contributed by atoms with Crippen LogP contribution in [0.25, 0.3) is 34.4 Å². The fourth-order valence-corrected chi connectivity index (χ4v) is 10.8. The molecule has 0 saturated carbocycles. The molecule has 0 N–H and O–H groups in total. The Kier molecular flexibility index (Phi) is 22.6. The van der Waals surface area contributed by atoms with Crippen LogP contribution in [0.3, 0.4) is 0 Å². The van der Waals surface area contributed by atoms with Crippen LogP contribution in [0, 0.1) is 23.7 Å². The van der Waals surface area contributed by atoms with Crippen LogP contribution in [-0.2, 0) is 27.2 Å². The quantitative estimate of drug-likeness (QED) is 0.0377. The maximum atomic E-state index is 13.5. The van der Waals surface area contributed by atoms with E-state index in [-0.39, 0.29) is 0 Å². The first-order valence-corrected chi connectivity index (χ1v) is 27.0. The van der Waals surface area contributed by atoms with E-state index in [1.165, 1.54) is 38.5 Å². The lowest BCUT2D eigenvalue weighted by molar-refractivity contribution is 0.229. The van der Waals surface area contributed by atoms with E-state index < -0.39 is 15.2 Å². The largest absolute Gasteiger partial charge is 0.493 e. The minimum atomic E-state index is -3.41. The Balaban J connectivity index is 1.64. The highest BCUT2D eigenvalue weighted by Crippen LogP contribution is 2.48. The van der Waals surface area contributed by atoms with Crippen molar-refractivity contribution in [2.75, 3.05) is 39.6 Å². The van der Waals surface area contributed by atoms with Crippen molar-refractivity contribution in [3.05, 3.63) is 96.1 Å². The van der Waals surface area contributed by atoms with Crippen LogP contribution in [-0.4, -0.2) is 39.6 Å². The summed E-state index contributed by atoms with van der Waals surface area (Å²) in [5.41, 5.74) is 5.84. The van der Waals surface area contributed by atoms with Gasteiger partial charge in [0.05, 0.1) is 50.3 Å². The smallest absolute Gasteiger partial charge is 0.361 e. The summed E-state index contributed by atoms with van der Waals surface area (Å²) in [5, 5.41) is 1.07. The third-order valence-electron chi connectivity index (χ3n) is 11.4. The SMILES string of the molecule is CCOP(=O)(OCC)c1ccc(-c2ccc(/C=C/c3ccc(-c4ccc(P(=O)(OCC)OCC)cc4)c(OCCC(C)CCCC(C)C)c3)cc2OCCC(C)CCCC(C)C)cc1. The second kappa shape index (κ2) is 27.2. The Morgan fingerprint density at radius 2 is 0.797 bits per heavy atom. The molecule has 0 bridgehead atoms. The zero-order valence-electron chi connectivity index (χ0n) is 40.6. The van der Waals surface area contributed by atoms with Gasteiger partial charge in [-0.2, -0.15) is 0 Å². The third-order valence-corrected chi connectivity index (χ3v) is 15.6. The lowest BCUT2D eigenvalue weighted by Crippen LogP contribution is -2.10. The first-order chi connectivity index (χ1) is 30.7. The highest BCUT2D eigenvalue weighted by Gasteiger charge is 2.28. The fourth-order valence-electron chi connectivity index (χ4n) is 7.67. The second-order valence-corrected chi connectivity index (χ2v) is 21.8. The molecule has 0 fully saturated rings. The number of benzene rings is 4. The van der Waals surface area contributed by atoms with E-state index in [1.54, 1.807) is 0 Å². The Hall–Kier alpha value is -3.48. The second-order valence-electron chi connectivity index (χ2n) is 17.7. The number of hydrogen-bond donors (Lipinski definition) is 0. The first-order valence-electron chi connectivity index (χ1n) is 24.0. The van der Waals surface area contributed by atoms with Gasteiger partial charge in [0.2, 0.25) is 0 Å². The van der Waals surface area contributed by atoms with Gasteiger partial charge in [0.15, 0.2) is 0 Å². The van der Waals surface area contributed by atoms with Gasteiger partial charge >= 0.3 is 15.2 Å². The van der Waals surface area contributed by atoms with E-state index in [1.807, 2.05) is 76.2 Å². The van der Waals surface area contributed by atoms with Gasteiger partial charge in [0.1, 0.15) is 11.5 Å². The molecule has 0 saturated heterocycles. The lowest BCUT2D eigenvalue weighted by atomic mass is 9.97.